The fourth-order valence-corrected chi connectivity index (χ4v) is 2.96. The SMILES string of the molecule is CC(C)NC(=O)c1cn2cc(-c3ccc(F)cc3)sc2n1. The molecule has 0 aliphatic carbocycles. The highest BCUT2D eigenvalue weighted by molar-refractivity contribution is 7.20. The monoisotopic (exact) mass is 303 g/mol. The zero-order valence-electron chi connectivity index (χ0n) is 11.6. The van der Waals surface area contributed by atoms with Crippen molar-refractivity contribution in [2.24, 2.45) is 0 Å². The van der Waals surface area contributed by atoms with E-state index in [2.05, 4.69) is 10.3 Å². The Kier molecular flexibility index (Phi) is 3.47. The van der Waals surface area contributed by atoms with Gasteiger partial charge in [0.05, 0.1) is 4.88 Å². The van der Waals surface area contributed by atoms with Crippen LogP contribution in [0.15, 0.2) is 36.7 Å². The Labute approximate surface area is 125 Å². The van der Waals surface area contributed by atoms with Crippen LogP contribution in [0.4, 0.5) is 4.39 Å². The number of benzene rings is 1. The third-order valence-corrected chi connectivity index (χ3v) is 3.98. The van der Waals surface area contributed by atoms with Crippen LogP contribution in [0.5, 0.6) is 0 Å². The Morgan fingerprint density at radius 1 is 1.29 bits per heavy atom. The molecule has 1 N–H and O–H groups in total. The maximum Gasteiger partial charge on any atom is 0.271 e. The molecule has 6 heteroatoms. The molecule has 3 aromatic rings. The molecule has 0 saturated heterocycles. The molecule has 1 aromatic carbocycles. The number of amides is 1. The summed E-state index contributed by atoms with van der Waals surface area (Å²) in [4.78, 5) is 17.9. The molecule has 21 heavy (non-hydrogen) atoms. The average Bonchev–Trinajstić information content (AvgIpc) is 2.96. The summed E-state index contributed by atoms with van der Waals surface area (Å²) in [6.45, 7) is 3.81. The lowest BCUT2D eigenvalue weighted by Gasteiger charge is -2.05. The first-order chi connectivity index (χ1) is 10.0. The molecule has 0 bridgehead atoms. The first-order valence-corrected chi connectivity index (χ1v) is 7.40. The van der Waals surface area contributed by atoms with Gasteiger partial charge >= 0.3 is 0 Å². The van der Waals surface area contributed by atoms with Gasteiger partial charge in [0.1, 0.15) is 11.5 Å². The second-order valence-corrected chi connectivity index (χ2v) is 6.06. The molecule has 2 heterocycles. The Morgan fingerprint density at radius 3 is 2.62 bits per heavy atom. The molecular formula is C15H14FN3OS. The topological polar surface area (TPSA) is 46.4 Å². The molecule has 3 rings (SSSR count). The van der Waals surface area contributed by atoms with Crippen molar-refractivity contribution in [2.45, 2.75) is 19.9 Å². The van der Waals surface area contributed by atoms with Crippen LogP contribution in [0.2, 0.25) is 0 Å². The van der Waals surface area contributed by atoms with Gasteiger partial charge in [0.15, 0.2) is 4.96 Å². The molecule has 0 radical (unpaired) electrons. The molecule has 0 saturated carbocycles. The van der Waals surface area contributed by atoms with Crippen molar-refractivity contribution in [1.82, 2.24) is 14.7 Å². The number of rotatable bonds is 3. The van der Waals surface area contributed by atoms with Crippen LogP contribution in [0.1, 0.15) is 24.3 Å². The van der Waals surface area contributed by atoms with Crippen LogP contribution in [-0.4, -0.2) is 21.3 Å². The molecule has 108 valence electrons. The Balaban J connectivity index is 1.90. The van der Waals surface area contributed by atoms with Crippen LogP contribution in [0.25, 0.3) is 15.4 Å². The van der Waals surface area contributed by atoms with Gasteiger partial charge in [-0.2, -0.15) is 0 Å². The number of nitrogens with zero attached hydrogens (tertiary/aromatic N) is 2. The van der Waals surface area contributed by atoms with E-state index in [9.17, 15) is 9.18 Å². The van der Waals surface area contributed by atoms with Crippen molar-refractivity contribution in [3.63, 3.8) is 0 Å². The molecule has 0 aliphatic heterocycles. The van der Waals surface area contributed by atoms with Gasteiger partial charge in [-0.1, -0.05) is 23.5 Å². The number of nitrogens with one attached hydrogen (secondary N) is 1. The summed E-state index contributed by atoms with van der Waals surface area (Å²) in [7, 11) is 0. The van der Waals surface area contributed by atoms with Gasteiger partial charge in [-0.15, -0.1) is 0 Å². The Bertz CT molecular complexity index is 757. The maximum atomic E-state index is 12.9. The number of aromatic nitrogens is 2. The normalized spacial score (nSPS) is 11.2. The van der Waals surface area contributed by atoms with E-state index in [1.54, 1.807) is 18.3 Å². The minimum absolute atomic E-state index is 0.0759. The highest BCUT2D eigenvalue weighted by Crippen LogP contribution is 2.28. The van der Waals surface area contributed by atoms with Gasteiger partial charge in [0.2, 0.25) is 0 Å². The van der Waals surface area contributed by atoms with Crippen molar-refractivity contribution >= 4 is 22.2 Å². The van der Waals surface area contributed by atoms with Gasteiger partial charge in [0.25, 0.3) is 5.91 Å². The van der Waals surface area contributed by atoms with E-state index in [1.807, 2.05) is 24.4 Å². The number of hydrogen-bond donors (Lipinski definition) is 1. The largest absolute Gasteiger partial charge is 0.348 e. The number of carbonyl (C=O) groups excluding carboxylic acids is 1. The van der Waals surface area contributed by atoms with Crippen LogP contribution in [0.3, 0.4) is 0 Å². The first-order valence-electron chi connectivity index (χ1n) is 6.58. The predicted molar refractivity (Wildman–Crippen MR) is 81.1 cm³/mol. The van der Waals surface area contributed by atoms with Gasteiger partial charge in [-0.05, 0) is 31.5 Å². The number of carbonyl (C=O) groups is 1. The van der Waals surface area contributed by atoms with Crippen molar-refractivity contribution in [3.8, 4) is 10.4 Å². The van der Waals surface area contributed by atoms with Crippen LogP contribution in [-0.2, 0) is 0 Å². The van der Waals surface area contributed by atoms with E-state index in [4.69, 9.17) is 0 Å². The zero-order valence-corrected chi connectivity index (χ0v) is 12.4. The molecule has 0 fully saturated rings. The number of hydrogen-bond acceptors (Lipinski definition) is 3. The summed E-state index contributed by atoms with van der Waals surface area (Å²) in [6.07, 6.45) is 3.60. The fourth-order valence-electron chi connectivity index (χ4n) is 1.99. The minimum Gasteiger partial charge on any atom is -0.348 e. The number of thiazole rings is 1. The minimum atomic E-state index is -0.257. The fraction of sp³-hybridized carbons (Fsp3) is 0.200. The molecule has 2 aromatic heterocycles. The third kappa shape index (κ3) is 2.80. The molecule has 1 amide bonds. The van der Waals surface area contributed by atoms with Gasteiger partial charge in [0, 0.05) is 18.4 Å². The number of halogens is 1. The standard InChI is InChI=1S/C15H14FN3OS/c1-9(2)17-14(20)12-7-19-8-13(21-15(19)18-12)10-3-5-11(16)6-4-10/h3-9H,1-2H3,(H,17,20). The average molecular weight is 303 g/mol. The lowest BCUT2D eigenvalue weighted by molar-refractivity contribution is 0.0938. The van der Waals surface area contributed by atoms with Gasteiger partial charge in [-0.25, -0.2) is 9.37 Å². The Hall–Kier alpha value is -2.21. The summed E-state index contributed by atoms with van der Waals surface area (Å²) in [5.74, 6) is -0.433. The molecule has 0 atom stereocenters. The van der Waals surface area contributed by atoms with E-state index < -0.39 is 0 Å². The van der Waals surface area contributed by atoms with Gasteiger partial charge < -0.3 is 5.32 Å². The van der Waals surface area contributed by atoms with E-state index in [0.29, 0.717) is 5.69 Å². The maximum absolute atomic E-state index is 12.9. The second kappa shape index (κ2) is 5.29. The molecular weight excluding hydrogens is 289 g/mol. The highest BCUT2D eigenvalue weighted by atomic mass is 32.1. The van der Waals surface area contributed by atoms with Crippen LogP contribution < -0.4 is 5.32 Å². The van der Waals surface area contributed by atoms with E-state index in [-0.39, 0.29) is 17.8 Å². The first kappa shape index (κ1) is 13.8. The lowest BCUT2D eigenvalue weighted by atomic mass is 10.2. The van der Waals surface area contributed by atoms with E-state index >= 15 is 0 Å². The molecule has 0 aliphatic rings. The summed E-state index contributed by atoms with van der Waals surface area (Å²) >= 11 is 1.46. The Morgan fingerprint density at radius 2 is 2.00 bits per heavy atom. The molecule has 0 spiro atoms. The van der Waals surface area contributed by atoms with Crippen molar-refractivity contribution in [2.75, 3.05) is 0 Å². The summed E-state index contributed by atoms with van der Waals surface area (Å²) in [5.41, 5.74) is 1.33. The van der Waals surface area contributed by atoms with E-state index in [1.165, 1.54) is 23.5 Å². The summed E-state index contributed by atoms with van der Waals surface area (Å²) in [6, 6.07) is 6.39. The van der Waals surface area contributed by atoms with Crippen molar-refractivity contribution in [3.05, 3.63) is 48.2 Å². The van der Waals surface area contributed by atoms with Crippen molar-refractivity contribution in [1.29, 1.82) is 0 Å². The quantitative estimate of drug-likeness (QED) is 0.806. The highest BCUT2D eigenvalue weighted by Gasteiger charge is 2.14. The van der Waals surface area contributed by atoms with Crippen LogP contribution >= 0.6 is 11.3 Å². The molecule has 0 unspecified atom stereocenters. The smallest absolute Gasteiger partial charge is 0.271 e. The number of fused-ring (bicyclic) bond motifs is 1. The summed E-state index contributed by atoms with van der Waals surface area (Å²) < 4.78 is 14.8. The lowest BCUT2D eigenvalue weighted by Crippen LogP contribution is -2.30. The number of imidazole rings is 1. The van der Waals surface area contributed by atoms with E-state index in [0.717, 1.165) is 15.4 Å². The van der Waals surface area contributed by atoms with Crippen molar-refractivity contribution < 1.29 is 9.18 Å². The van der Waals surface area contributed by atoms with Gasteiger partial charge in [-0.3, -0.25) is 9.20 Å². The zero-order chi connectivity index (χ0) is 15.0. The van der Waals surface area contributed by atoms with Crippen LogP contribution in [0, 0.1) is 5.82 Å². The molecule has 4 nitrogen and oxygen atoms in total. The third-order valence-electron chi connectivity index (χ3n) is 2.94. The second-order valence-electron chi connectivity index (χ2n) is 5.05. The predicted octanol–water partition coefficient (Wildman–Crippen LogP) is 3.34. The summed E-state index contributed by atoms with van der Waals surface area (Å²) in [5, 5.41) is 2.81.